The number of hydrogen-bond acceptors (Lipinski definition) is 3. The summed E-state index contributed by atoms with van der Waals surface area (Å²) < 4.78 is 5.59. The maximum Gasteiger partial charge on any atom is 0.119 e. The molecule has 0 aliphatic heterocycles. The summed E-state index contributed by atoms with van der Waals surface area (Å²) in [4.78, 5) is 1.84. The molecule has 0 aromatic heterocycles. The second-order valence-electron chi connectivity index (χ2n) is 3.45. The molecule has 2 nitrogen and oxygen atoms in total. The van der Waals surface area contributed by atoms with Crippen LogP contribution in [0.25, 0.3) is 0 Å². The molecule has 0 radical (unpaired) electrons. The fourth-order valence-corrected chi connectivity index (χ4v) is 1.82. The van der Waals surface area contributed by atoms with E-state index in [1.165, 1.54) is 4.90 Å². The molecule has 0 unspecified atom stereocenters. The Morgan fingerprint density at radius 2 is 2.00 bits per heavy atom. The molecule has 88 valence electrons. The molecule has 1 aromatic rings. The van der Waals surface area contributed by atoms with Crippen LogP contribution in [0.1, 0.15) is 19.3 Å². The highest BCUT2D eigenvalue weighted by atomic mass is 32.2. The van der Waals surface area contributed by atoms with E-state index in [0.29, 0.717) is 4.99 Å². The summed E-state index contributed by atoms with van der Waals surface area (Å²) in [6, 6.07) is 8.13. The molecule has 0 spiro atoms. The van der Waals surface area contributed by atoms with Crippen molar-refractivity contribution in [2.45, 2.75) is 24.2 Å². The fourth-order valence-electron chi connectivity index (χ4n) is 1.26. The third kappa shape index (κ3) is 5.37. The second kappa shape index (κ2) is 7.52. The Bertz CT molecular complexity index is 324. The molecule has 4 heteroatoms. The van der Waals surface area contributed by atoms with Crippen LogP contribution in [0.15, 0.2) is 29.2 Å². The molecule has 2 N–H and O–H groups in total. The summed E-state index contributed by atoms with van der Waals surface area (Å²) >= 11 is 6.53. The standard InChI is InChI=1S/C12H17NOS2/c1-16-11-7-5-10(6-8-11)14-9-3-2-4-12(13)15/h5-8H,2-4,9H2,1H3,(H2,13,15). The zero-order chi connectivity index (χ0) is 11.8. The van der Waals surface area contributed by atoms with E-state index in [1.807, 2.05) is 12.1 Å². The van der Waals surface area contributed by atoms with Gasteiger partial charge in [0.15, 0.2) is 0 Å². The first-order valence-corrected chi connectivity index (χ1v) is 6.91. The zero-order valence-corrected chi connectivity index (χ0v) is 11.1. The van der Waals surface area contributed by atoms with Gasteiger partial charge in [-0.25, -0.2) is 0 Å². The van der Waals surface area contributed by atoms with Gasteiger partial charge >= 0.3 is 0 Å². The highest BCUT2D eigenvalue weighted by molar-refractivity contribution is 7.98. The van der Waals surface area contributed by atoms with Crippen LogP contribution in [0.2, 0.25) is 0 Å². The topological polar surface area (TPSA) is 35.2 Å². The van der Waals surface area contributed by atoms with Crippen molar-refractivity contribution in [3.8, 4) is 5.75 Å². The van der Waals surface area contributed by atoms with Crippen LogP contribution in [0.3, 0.4) is 0 Å². The molecule has 1 rings (SSSR count). The zero-order valence-electron chi connectivity index (χ0n) is 9.44. The summed E-state index contributed by atoms with van der Waals surface area (Å²) in [6.07, 6.45) is 4.86. The third-order valence-corrected chi connectivity index (χ3v) is 3.09. The number of benzene rings is 1. The highest BCUT2D eigenvalue weighted by Gasteiger charge is 1.95. The smallest absolute Gasteiger partial charge is 0.119 e. The van der Waals surface area contributed by atoms with E-state index in [9.17, 15) is 0 Å². The number of thiocarbonyl (C=S) groups is 1. The molecule has 0 bridgehead atoms. The quantitative estimate of drug-likeness (QED) is 0.461. The lowest BCUT2D eigenvalue weighted by atomic mass is 10.2. The monoisotopic (exact) mass is 255 g/mol. The van der Waals surface area contributed by atoms with Gasteiger partial charge in [0.05, 0.1) is 11.6 Å². The predicted octanol–water partition coefficient (Wildman–Crippen LogP) is 3.24. The summed E-state index contributed by atoms with van der Waals surface area (Å²) in [7, 11) is 0. The van der Waals surface area contributed by atoms with Crippen LogP contribution in [-0.4, -0.2) is 17.9 Å². The Labute approximate surface area is 107 Å². The highest BCUT2D eigenvalue weighted by Crippen LogP contribution is 2.19. The fraction of sp³-hybridized carbons (Fsp3) is 0.417. The molecule has 16 heavy (non-hydrogen) atoms. The Morgan fingerprint density at radius 3 is 2.56 bits per heavy atom. The van der Waals surface area contributed by atoms with E-state index in [1.54, 1.807) is 11.8 Å². The van der Waals surface area contributed by atoms with Crippen LogP contribution >= 0.6 is 24.0 Å². The summed E-state index contributed by atoms with van der Waals surface area (Å²) in [5.74, 6) is 0.924. The number of thioether (sulfide) groups is 1. The Hall–Kier alpha value is -0.740. The lowest BCUT2D eigenvalue weighted by molar-refractivity contribution is 0.308. The van der Waals surface area contributed by atoms with Gasteiger partial charge < -0.3 is 10.5 Å². The average molecular weight is 255 g/mol. The Morgan fingerprint density at radius 1 is 1.31 bits per heavy atom. The molecule has 0 heterocycles. The lowest BCUT2D eigenvalue weighted by Crippen LogP contribution is -2.07. The van der Waals surface area contributed by atoms with Gasteiger partial charge in [-0.1, -0.05) is 12.2 Å². The van der Waals surface area contributed by atoms with Crippen molar-refractivity contribution >= 4 is 29.0 Å². The van der Waals surface area contributed by atoms with Crippen LogP contribution in [-0.2, 0) is 0 Å². The SMILES string of the molecule is CSc1ccc(OCCCCC(N)=S)cc1. The minimum atomic E-state index is 0.587. The molecule has 1 aromatic carbocycles. The lowest BCUT2D eigenvalue weighted by Gasteiger charge is -2.06. The largest absolute Gasteiger partial charge is 0.494 e. The third-order valence-electron chi connectivity index (χ3n) is 2.15. The second-order valence-corrected chi connectivity index (χ2v) is 4.85. The van der Waals surface area contributed by atoms with Crippen molar-refractivity contribution in [3.05, 3.63) is 24.3 Å². The van der Waals surface area contributed by atoms with Crippen molar-refractivity contribution < 1.29 is 4.74 Å². The predicted molar refractivity (Wildman–Crippen MR) is 74.4 cm³/mol. The van der Waals surface area contributed by atoms with Crippen molar-refractivity contribution in [2.75, 3.05) is 12.9 Å². The minimum absolute atomic E-state index is 0.587. The van der Waals surface area contributed by atoms with Crippen LogP contribution in [0.4, 0.5) is 0 Å². The van der Waals surface area contributed by atoms with E-state index in [4.69, 9.17) is 22.7 Å². The van der Waals surface area contributed by atoms with E-state index in [-0.39, 0.29) is 0 Å². The number of nitrogens with two attached hydrogens (primary N) is 1. The first kappa shape index (κ1) is 13.3. The molecule has 0 aliphatic rings. The first-order valence-electron chi connectivity index (χ1n) is 5.27. The maximum atomic E-state index is 5.59. The minimum Gasteiger partial charge on any atom is -0.494 e. The van der Waals surface area contributed by atoms with Crippen molar-refractivity contribution in [3.63, 3.8) is 0 Å². The van der Waals surface area contributed by atoms with Crippen molar-refractivity contribution in [2.24, 2.45) is 5.73 Å². The van der Waals surface area contributed by atoms with Gasteiger partial charge in [-0.05, 0) is 49.8 Å². The number of rotatable bonds is 7. The molecule has 0 aliphatic carbocycles. The van der Waals surface area contributed by atoms with Crippen LogP contribution in [0.5, 0.6) is 5.75 Å². The van der Waals surface area contributed by atoms with Crippen molar-refractivity contribution in [1.29, 1.82) is 0 Å². The molecule has 0 amide bonds. The van der Waals surface area contributed by atoms with E-state index >= 15 is 0 Å². The molecule has 0 fully saturated rings. The van der Waals surface area contributed by atoms with Gasteiger partial charge in [0.1, 0.15) is 5.75 Å². The van der Waals surface area contributed by atoms with Crippen LogP contribution < -0.4 is 10.5 Å². The van der Waals surface area contributed by atoms with E-state index < -0.39 is 0 Å². The molecule has 0 saturated heterocycles. The number of hydrogen-bond donors (Lipinski definition) is 1. The molecule has 0 saturated carbocycles. The van der Waals surface area contributed by atoms with Gasteiger partial charge in [0, 0.05) is 4.90 Å². The van der Waals surface area contributed by atoms with Crippen molar-refractivity contribution in [1.82, 2.24) is 0 Å². The Balaban J connectivity index is 2.19. The first-order chi connectivity index (χ1) is 7.72. The molecular weight excluding hydrogens is 238 g/mol. The van der Waals surface area contributed by atoms with Gasteiger partial charge in [-0.15, -0.1) is 11.8 Å². The maximum absolute atomic E-state index is 5.59. The van der Waals surface area contributed by atoms with E-state index in [0.717, 1.165) is 31.6 Å². The average Bonchev–Trinajstić information content (AvgIpc) is 2.29. The van der Waals surface area contributed by atoms with Gasteiger partial charge in [-0.3, -0.25) is 0 Å². The summed E-state index contributed by atoms with van der Waals surface area (Å²) in [6.45, 7) is 0.723. The molecular formula is C12H17NOS2. The summed E-state index contributed by atoms with van der Waals surface area (Å²) in [5.41, 5.74) is 5.41. The number of unbranched alkanes of at least 4 members (excludes halogenated alkanes) is 1. The van der Waals surface area contributed by atoms with Crippen LogP contribution in [0, 0.1) is 0 Å². The van der Waals surface area contributed by atoms with E-state index in [2.05, 4.69) is 18.4 Å². The van der Waals surface area contributed by atoms with Gasteiger partial charge in [0.2, 0.25) is 0 Å². The van der Waals surface area contributed by atoms with Gasteiger partial charge in [-0.2, -0.15) is 0 Å². The molecule has 0 atom stereocenters. The summed E-state index contributed by atoms with van der Waals surface area (Å²) in [5, 5.41) is 0. The van der Waals surface area contributed by atoms with Gasteiger partial charge in [0.25, 0.3) is 0 Å². The normalized spacial score (nSPS) is 10.1. The Kier molecular flexibility index (Phi) is 6.26. The number of ether oxygens (including phenoxy) is 1.